The number of anilines is 1. The van der Waals surface area contributed by atoms with Crippen molar-refractivity contribution in [3.05, 3.63) is 59.7 Å². The lowest BCUT2D eigenvalue weighted by atomic mass is 10.1. The van der Waals surface area contributed by atoms with Crippen molar-refractivity contribution in [1.29, 1.82) is 0 Å². The van der Waals surface area contributed by atoms with Crippen LogP contribution in [0, 0.1) is 0 Å². The normalized spacial score (nSPS) is 11.8. The highest BCUT2D eigenvalue weighted by Gasteiger charge is 2.23. The van der Waals surface area contributed by atoms with Gasteiger partial charge in [0.1, 0.15) is 6.04 Å². The first-order chi connectivity index (χ1) is 17.1. The monoisotopic (exact) mass is 498 g/mol. The van der Waals surface area contributed by atoms with Gasteiger partial charge in [0, 0.05) is 17.7 Å². The van der Waals surface area contributed by atoms with Gasteiger partial charge >= 0.3 is 18.1 Å². The van der Waals surface area contributed by atoms with Crippen molar-refractivity contribution in [2.45, 2.75) is 39.3 Å². The van der Waals surface area contributed by atoms with Gasteiger partial charge in [-0.05, 0) is 56.7 Å². The molecule has 0 heterocycles. The molecule has 7 N–H and O–H groups in total. The molecule has 1 atom stereocenters. The van der Waals surface area contributed by atoms with Gasteiger partial charge in [0.2, 0.25) is 5.96 Å². The summed E-state index contributed by atoms with van der Waals surface area (Å²) in [6.45, 7) is 5.24. The van der Waals surface area contributed by atoms with Crippen LogP contribution in [-0.4, -0.2) is 48.7 Å². The molecule has 0 radical (unpaired) electrons. The summed E-state index contributed by atoms with van der Waals surface area (Å²) in [5, 5.41) is 7.42. The Bertz CT molecular complexity index is 1120. The Balaban J connectivity index is 2.07. The van der Waals surface area contributed by atoms with Crippen LogP contribution in [0.15, 0.2) is 53.5 Å². The minimum absolute atomic E-state index is 0.168. The summed E-state index contributed by atoms with van der Waals surface area (Å²) < 4.78 is 10.1. The Morgan fingerprint density at radius 1 is 1.03 bits per heavy atom. The number of carbonyl (C=O) groups is 4. The lowest BCUT2D eigenvalue weighted by Crippen LogP contribution is -2.44. The van der Waals surface area contributed by atoms with E-state index in [4.69, 9.17) is 20.9 Å². The molecule has 2 aromatic rings. The maximum absolute atomic E-state index is 12.7. The minimum Gasteiger partial charge on any atom is -0.464 e. The van der Waals surface area contributed by atoms with Gasteiger partial charge in [-0.2, -0.15) is 0 Å². The van der Waals surface area contributed by atoms with E-state index in [0.29, 0.717) is 16.9 Å². The van der Waals surface area contributed by atoms with Gasteiger partial charge in [0.15, 0.2) is 0 Å². The number of nitrogens with zero attached hydrogens (tertiary/aromatic N) is 1. The number of aliphatic imine (C=N–C) groups is 1. The molecule has 12 nitrogen and oxygen atoms in total. The molecule has 0 aliphatic carbocycles. The fourth-order valence-corrected chi connectivity index (χ4v) is 3.00. The van der Waals surface area contributed by atoms with Gasteiger partial charge < -0.3 is 31.6 Å². The lowest BCUT2D eigenvalue weighted by Gasteiger charge is -2.18. The summed E-state index contributed by atoms with van der Waals surface area (Å²) in [5.41, 5.74) is 12.4. The van der Waals surface area contributed by atoms with E-state index in [2.05, 4.69) is 20.9 Å². The summed E-state index contributed by atoms with van der Waals surface area (Å²) in [6.07, 6.45) is -0.890. The second kappa shape index (κ2) is 13.3. The highest BCUT2D eigenvalue weighted by Crippen LogP contribution is 2.17. The van der Waals surface area contributed by atoms with Crippen molar-refractivity contribution < 1.29 is 28.7 Å². The van der Waals surface area contributed by atoms with Gasteiger partial charge in [-0.1, -0.05) is 18.2 Å². The molecule has 0 saturated heterocycles. The molecule has 0 aromatic heterocycles. The lowest BCUT2D eigenvalue weighted by molar-refractivity contribution is -0.145. The number of nitrogens with one attached hydrogen (secondary N) is 3. The molecular weight excluding hydrogens is 468 g/mol. The van der Waals surface area contributed by atoms with Crippen molar-refractivity contribution in [3.8, 4) is 0 Å². The van der Waals surface area contributed by atoms with Crippen LogP contribution in [0.1, 0.15) is 36.7 Å². The van der Waals surface area contributed by atoms with Crippen LogP contribution in [0.25, 0.3) is 0 Å². The van der Waals surface area contributed by atoms with E-state index in [-0.39, 0.29) is 25.1 Å². The highest BCUT2D eigenvalue weighted by atomic mass is 16.6. The summed E-state index contributed by atoms with van der Waals surface area (Å²) in [4.78, 5) is 51.8. The van der Waals surface area contributed by atoms with Crippen molar-refractivity contribution in [3.63, 3.8) is 0 Å². The molecule has 0 bridgehead atoms. The maximum Gasteiger partial charge on any atom is 0.408 e. The molecule has 0 fully saturated rings. The number of primary amides is 1. The molecule has 192 valence electrons. The third-order valence-corrected chi connectivity index (χ3v) is 4.47. The van der Waals surface area contributed by atoms with Crippen LogP contribution >= 0.6 is 0 Å². The van der Waals surface area contributed by atoms with Gasteiger partial charge in [-0.15, -0.1) is 0 Å². The Kier molecular flexibility index (Phi) is 10.2. The number of urea groups is 1. The number of nitrogens with two attached hydrogens (primary N) is 2. The number of guanidine groups is 1. The van der Waals surface area contributed by atoms with Crippen LogP contribution in [0.5, 0.6) is 0 Å². The van der Waals surface area contributed by atoms with E-state index in [1.807, 2.05) is 0 Å². The van der Waals surface area contributed by atoms with E-state index in [0.717, 1.165) is 5.56 Å². The zero-order valence-electron chi connectivity index (χ0n) is 20.2. The summed E-state index contributed by atoms with van der Waals surface area (Å²) in [7, 11) is 0. The fourth-order valence-electron chi connectivity index (χ4n) is 3.00. The van der Waals surface area contributed by atoms with Crippen LogP contribution in [0.4, 0.5) is 21.0 Å². The Hall–Kier alpha value is -4.61. The van der Waals surface area contributed by atoms with Gasteiger partial charge in [-0.3, -0.25) is 10.1 Å². The predicted molar refractivity (Wildman–Crippen MR) is 134 cm³/mol. The van der Waals surface area contributed by atoms with E-state index < -0.39 is 30.0 Å². The number of benzene rings is 2. The SMILES string of the molecule is CCOC(=O)C(Cc1ccc(NC(=O)c2cccc(N=C(N)NC(N)=O)c2)cc1)NC(=O)OC(C)C. The van der Waals surface area contributed by atoms with Gasteiger partial charge in [0.05, 0.1) is 18.4 Å². The standard InChI is InChI=1S/C24H30N6O6/c1-4-35-21(32)19(29-24(34)36-14(2)3)12-15-8-10-17(11-9-15)27-20(31)16-6-5-7-18(13-16)28-22(25)30-23(26)33/h5-11,13-14,19H,4,12H2,1-3H3,(H,27,31)(H,29,34)(H5,25,26,28,30,33). The van der Waals surface area contributed by atoms with Crippen LogP contribution < -0.4 is 27.4 Å². The first kappa shape index (κ1) is 27.6. The maximum atomic E-state index is 12.7. The third-order valence-electron chi connectivity index (χ3n) is 4.47. The molecule has 2 aromatic carbocycles. The molecule has 1 unspecified atom stereocenters. The predicted octanol–water partition coefficient (Wildman–Crippen LogP) is 2.16. The molecule has 0 saturated carbocycles. The number of hydrogen-bond donors (Lipinski definition) is 5. The van der Waals surface area contributed by atoms with Crippen LogP contribution in [0.3, 0.4) is 0 Å². The second-order valence-corrected chi connectivity index (χ2v) is 7.79. The first-order valence-electron chi connectivity index (χ1n) is 11.1. The average molecular weight is 499 g/mol. The smallest absolute Gasteiger partial charge is 0.408 e. The number of hydrogen-bond acceptors (Lipinski definition) is 7. The van der Waals surface area contributed by atoms with Crippen molar-refractivity contribution >= 4 is 41.3 Å². The van der Waals surface area contributed by atoms with E-state index in [1.165, 1.54) is 6.07 Å². The quantitative estimate of drug-likeness (QED) is 0.199. The zero-order chi connectivity index (χ0) is 26.7. The van der Waals surface area contributed by atoms with Crippen molar-refractivity contribution in [1.82, 2.24) is 10.6 Å². The first-order valence-corrected chi connectivity index (χ1v) is 11.1. The molecule has 0 aliphatic rings. The minimum atomic E-state index is -0.934. The van der Waals surface area contributed by atoms with Gasteiger partial charge in [-0.25, -0.2) is 19.4 Å². The molecule has 12 heteroatoms. The van der Waals surface area contributed by atoms with E-state index in [1.54, 1.807) is 63.2 Å². The van der Waals surface area contributed by atoms with Crippen LogP contribution in [0.2, 0.25) is 0 Å². The van der Waals surface area contributed by atoms with E-state index in [9.17, 15) is 19.2 Å². The number of esters is 1. The molecular formula is C24H30N6O6. The average Bonchev–Trinajstić information content (AvgIpc) is 2.79. The highest BCUT2D eigenvalue weighted by molar-refractivity contribution is 6.05. The largest absolute Gasteiger partial charge is 0.464 e. The summed E-state index contributed by atoms with van der Waals surface area (Å²) in [5.74, 6) is -1.18. The number of ether oxygens (including phenoxy) is 2. The Labute approximate surface area is 208 Å². The molecule has 2 rings (SSSR count). The zero-order valence-corrected chi connectivity index (χ0v) is 20.2. The topological polar surface area (TPSA) is 187 Å². The number of alkyl carbamates (subject to hydrolysis) is 1. The van der Waals surface area contributed by atoms with Crippen LogP contribution in [-0.2, 0) is 20.7 Å². The fraction of sp³-hybridized carbons (Fsp3) is 0.292. The molecule has 0 aliphatic heterocycles. The number of amides is 4. The van der Waals surface area contributed by atoms with Crippen molar-refractivity contribution in [2.24, 2.45) is 16.5 Å². The van der Waals surface area contributed by atoms with Gasteiger partial charge in [0.25, 0.3) is 5.91 Å². The summed E-state index contributed by atoms with van der Waals surface area (Å²) >= 11 is 0. The second-order valence-electron chi connectivity index (χ2n) is 7.79. The number of rotatable bonds is 9. The third kappa shape index (κ3) is 9.33. The van der Waals surface area contributed by atoms with Crippen molar-refractivity contribution in [2.75, 3.05) is 11.9 Å². The Morgan fingerprint density at radius 2 is 1.72 bits per heavy atom. The Morgan fingerprint density at radius 3 is 2.33 bits per heavy atom. The molecule has 0 spiro atoms. The molecule has 36 heavy (non-hydrogen) atoms. The molecule has 4 amide bonds. The summed E-state index contributed by atoms with van der Waals surface area (Å²) in [6, 6.07) is 11.3. The number of carbonyl (C=O) groups excluding carboxylic acids is 4. The van der Waals surface area contributed by atoms with E-state index >= 15 is 0 Å².